The zero-order valence-electron chi connectivity index (χ0n) is 13.9. The second-order valence-electron chi connectivity index (χ2n) is 5.48. The molecule has 8 nitrogen and oxygen atoms in total. The van der Waals surface area contributed by atoms with Crippen molar-refractivity contribution in [3.8, 4) is 0 Å². The van der Waals surface area contributed by atoms with Gasteiger partial charge in [-0.15, -0.1) is 0 Å². The van der Waals surface area contributed by atoms with E-state index in [1.807, 2.05) is 0 Å². The number of aromatic nitrogens is 3. The Morgan fingerprint density at radius 2 is 1.96 bits per heavy atom. The number of carbonyl (C=O) groups excluding carboxylic acids is 1. The molecule has 2 aromatic heterocycles. The van der Waals surface area contributed by atoms with E-state index in [1.54, 1.807) is 38.4 Å². The molecule has 8 heteroatoms. The number of hydrogen-bond donors (Lipinski definition) is 0. The van der Waals surface area contributed by atoms with Crippen LogP contribution in [0.3, 0.4) is 0 Å². The molecule has 0 saturated carbocycles. The highest BCUT2D eigenvalue weighted by molar-refractivity contribution is 5.86. The highest BCUT2D eigenvalue weighted by Gasteiger charge is 2.15. The monoisotopic (exact) mass is 343 g/mol. The Labute approximate surface area is 142 Å². The van der Waals surface area contributed by atoms with Crippen molar-refractivity contribution >= 4 is 16.7 Å². The first-order valence-corrected chi connectivity index (χ1v) is 7.61. The topological polar surface area (TPSA) is 96.5 Å². The molecule has 0 fully saturated rings. The van der Waals surface area contributed by atoms with E-state index in [9.17, 15) is 9.59 Å². The second kappa shape index (κ2) is 7.27. The van der Waals surface area contributed by atoms with Crippen molar-refractivity contribution in [2.75, 3.05) is 7.11 Å². The van der Waals surface area contributed by atoms with Gasteiger partial charge in [0.1, 0.15) is 18.6 Å². The van der Waals surface area contributed by atoms with Crippen LogP contribution in [0.1, 0.15) is 17.0 Å². The highest BCUT2D eigenvalue weighted by atomic mass is 16.5. The summed E-state index contributed by atoms with van der Waals surface area (Å²) in [5.74, 6) is -0.458. The maximum Gasteiger partial charge on any atom is 0.312 e. The predicted octanol–water partition coefficient (Wildman–Crippen LogP) is 1.35. The molecular weight excluding hydrogens is 326 g/mol. The molecule has 0 N–H and O–H groups in total. The summed E-state index contributed by atoms with van der Waals surface area (Å²) in [5.41, 5.74) is 1.51. The van der Waals surface area contributed by atoms with Gasteiger partial charge in [0, 0.05) is 19.5 Å². The number of ether oxygens (including phenoxy) is 2. The molecule has 0 atom stereocenters. The van der Waals surface area contributed by atoms with Crippen molar-refractivity contribution in [2.24, 2.45) is 7.05 Å². The number of esters is 1. The Kier molecular flexibility index (Phi) is 4.90. The van der Waals surface area contributed by atoms with Crippen molar-refractivity contribution in [3.63, 3.8) is 0 Å². The summed E-state index contributed by atoms with van der Waals surface area (Å²) in [7, 11) is 3.10. The third-order valence-electron chi connectivity index (χ3n) is 3.74. The van der Waals surface area contributed by atoms with Crippen LogP contribution in [0.4, 0.5) is 0 Å². The van der Waals surface area contributed by atoms with Gasteiger partial charge in [0.25, 0.3) is 5.56 Å². The van der Waals surface area contributed by atoms with E-state index in [-0.39, 0.29) is 25.2 Å². The normalized spacial score (nSPS) is 11.0. The summed E-state index contributed by atoms with van der Waals surface area (Å²) in [6.07, 6.45) is 1.38. The van der Waals surface area contributed by atoms with Crippen LogP contribution >= 0.6 is 0 Å². The number of methoxy groups -OCH3 is 1. The van der Waals surface area contributed by atoms with E-state index in [4.69, 9.17) is 14.0 Å². The largest absolute Gasteiger partial charge is 0.460 e. The lowest BCUT2D eigenvalue weighted by atomic mass is 10.1. The van der Waals surface area contributed by atoms with Crippen LogP contribution < -0.4 is 5.56 Å². The van der Waals surface area contributed by atoms with E-state index in [0.717, 1.165) is 0 Å². The third-order valence-corrected chi connectivity index (χ3v) is 3.74. The van der Waals surface area contributed by atoms with Crippen molar-refractivity contribution in [1.82, 2.24) is 14.9 Å². The van der Waals surface area contributed by atoms with Gasteiger partial charge >= 0.3 is 5.97 Å². The van der Waals surface area contributed by atoms with Gasteiger partial charge < -0.3 is 14.0 Å². The van der Waals surface area contributed by atoms with Crippen molar-refractivity contribution in [3.05, 3.63) is 57.8 Å². The zero-order chi connectivity index (χ0) is 17.8. The highest BCUT2D eigenvalue weighted by Crippen LogP contribution is 2.15. The number of rotatable bonds is 6. The molecule has 1 aromatic carbocycles. The van der Waals surface area contributed by atoms with Crippen LogP contribution in [0.5, 0.6) is 0 Å². The van der Waals surface area contributed by atoms with Crippen molar-refractivity contribution < 1.29 is 18.8 Å². The first-order chi connectivity index (χ1) is 12.1. The number of benzene rings is 1. The van der Waals surface area contributed by atoms with Crippen LogP contribution in [0, 0.1) is 0 Å². The SMILES string of the molecule is COCc1nocc1COC(=O)Cc1nn(C)c(=O)c2ccccc12. The van der Waals surface area contributed by atoms with Gasteiger partial charge in [-0.1, -0.05) is 23.4 Å². The van der Waals surface area contributed by atoms with Crippen LogP contribution in [0.25, 0.3) is 10.8 Å². The fraction of sp³-hybridized carbons (Fsp3) is 0.294. The molecule has 0 aliphatic carbocycles. The molecule has 0 spiro atoms. The Balaban J connectivity index is 1.75. The van der Waals surface area contributed by atoms with Gasteiger partial charge in [-0.3, -0.25) is 9.59 Å². The summed E-state index contributed by atoms with van der Waals surface area (Å²) < 4.78 is 16.4. The zero-order valence-corrected chi connectivity index (χ0v) is 13.9. The smallest absolute Gasteiger partial charge is 0.312 e. The Bertz CT molecular complexity index is 960. The van der Waals surface area contributed by atoms with Gasteiger partial charge in [-0.05, 0) is 6.07 Å². The van der Waals surface area contributed by atoms with E-state index < -0.39 is 5.97 Å². The van der Waals surface area contributed by atoms with Gasteiger partial charge in [0.2, 0.25) is 0 Å². The Hall–Kier alpha value is -3.00. The molecule has 3 rings (SSSR count). The average Bonchev–Trinajstić information content (AvgIpc) is 3.05. The number of aryl methyl sites for hydroxylation is 1. The van der Waals surface area contributed by atoms with Crippen LogP contribution in [-0.2, 0) is 41.0 Å². The molecule has 0 unspecified atom stereocenters. The van der Waals surface area contributed by atoms with E-state index in [0.29, 0.717) is 27.7 Å². The Morgan fingerprint density at radius 1 is 1.20 bits per heavy atom. The summed E-state index contributed by atoms with van der Waals surface area (Å²) in [4.78, 5) is 24.3. The minimum absolute atomic E-state index is 0.0325. The van der Waals surface area contributed by atoms with Crippen LogP contribution in [-0.4, -0.2) is 28.0 Å². The molecule has 0 amide bonds. The molecule has 2 heterocycles. The summed E-state index contributed by atoms with van der Waals surface area (Å²) >= 11 is 0. The quantitative estimate of drug-likeness (QED) is 0.623. The third kappa shape index (κ3) is 3.58. The minimum atomic E-state index is -0.458. The molecule has 25 heavy (non-hydrogen) atoms. The summed E-state index contributed by atoms with van der Waals surface area (Å²) in [6, 6.07) is 7.05. The second-order valence-corrected chi connectivity index (χ2v) is 5.48. The van der Waals surface area contributed by atoms with Crippen molar-refractivity contribution in [2.45, 2.75) is 19.6 Å². The standard InChI is InChI=1S/C17H17N3O5/c1-20-17(22)13-6-4-3-5-12(13)14(18-20)7-16(21)24-8-11-9-25-19-15(11)10-23-2/h3-6,9H,7-8,10H2,1-2H3. The van der Waals surface area contributed by atoms with Crippen LogP contribution in [0.2, 0.25) is 0 Å². The molecule has 3 aromatic rings. The van der Waals surface area contributed by atoms with Gasteiger partial charge in [-0.2, -0.15) is 5.10 Å². The average molecular weight is 343 g/mol. The fourth-order valence-corrected chi connectivity index (χ4v) is 2.51. The molecule has 0 bridgehead atoms. The first-order valence-electron chi connectivity index (χ1n) is 7.61. The maximum atomic E-state index is 12.2. The lowest BCUT2D eigenvalue weighted by Crippen LogP contribution is -2.22. The summed E-state index contributed by atoms with van der Waals surface area (Å²) in [5, 5.41) is 9.14. The van der Waals surface area contributed by atoms with E-state index in [2.05, 4.69) is 10.3 Å². The maximum absolute atomic E-state index is 12.2. The predicted molar refractivity (Wildman–Crippen MR) is 87.7 cm³/mol. The molecule has 0 radical (unpaired) electrons. The van der Waals surface area contributed by atoms with E-state index in [1.165, 1.54) is 10.9 Å². The lowest BCUT2D eigenvalue weighted by molar-refractivity contribution is -0.144. The molecule has 130 valence electrons. The van der Waals surface area contributed by atoms with Crippen LogP contribution in [0.15, 0.2) is 39.8 Å². The van der Waals surface area contributed by atoms with Gasteiger partial charge in [-0.25, -0.2) is 4.68 Å². The van der Waals surface area contributed by atoms with E-state index >= 15 is 0 Å². The van der Waals surface area contributed by atoms with Gasteiger partial charge in [0.05, 0.1) is 29.7 Å². The molecular formula is C17H17N3O5. The molecule has 0 aliphatic rings. The number of hydrogen-bond acceptors (Lipinski definition) is 7. The molecule has 0 saturated heterocycles. The number of carbonyl (C=O) groups is 1. The van der Waals surface area contributed by atoms with Crippen molar-refractivity contribution in [1.29, 1.82) is 0 Å². The fourth-order valence-electron chi connectivity index (χ4n) is 2.51. The Morgan fingerprint density at radius 3 is 2.72 bits per heavy atom. The first kappa shape index (κ1) is 16.8. The van der Waals surface area contributed by atoms with Gasteiger partial charge in [0.15, 0.2) is 0 Å². The minimum Gasteiger partial charge on any atom is -0.460 e. The lowest BCUT2D eigenvalue weighted by Gasteiger charge is -2.08. The summed E-state index contributed by atoms with van der Waals surface area (Å²) in [6.45, 7) is 0.307. The number of nitrogens with zero attached hydrogens (tertiary/aromatic N) is 3. The molecule has 0 aliphatic heterocycles. The number of fused-ring (bicyclic) bond motifs is 1.